The average Bonchev–Trinajstić information content (AvgIpc) is 3.06. The van der Waals surface area contributed by atoms with Gasteiger partial charge in [-0.2, -0.15) is 13.2 Å². The molecule has 1 aliphatic rings. The van der Waals surface area contributed by atoms with Gasteiger partial charge < -0.3 is 15.4 Å². The van der Waals surface area contributed by atoms with Gasteiger partial charge in [-0.25, -0.2) is 0 Å². The Morgan fingerprint density at radius 2 is 1.91 bits per heavy atom. The summed E-state index contributed by atoms with van der Waals surface area (Å²) in [6.07, 6.45) is 4.83. The number of thioether (sulfide) groups is 1. The van der Waals surface area contributed by atoms with Gasteiger partial charge in [0.05, 0.1) is 17.2 Å². The third-order valence-electron chi connectivity index (χ3n) is 5.37. The van der Waals surface area contributed by atoms with Crippen molar-refractivity contribution in [3.8, 4) is 5.75 Å². The molecule has 1 fully saturated rings. The number of alkyl halides is 3. The zero-order valence-electron chi connectivity index (χ0n) is 18.1. The molecule has 2 atom stereocenters. The lowest BCUT2D eigenvalue weighted by Gasteiger charge is -2.30. The van der Waals surface area contributed by atoms with E-state index in [-0.39, 0.29) is 17.4 Å². The van der Waals surface area contributed by atoms with E-state index in [4.69, 9.17) is 15.9 Å². The van der Waals surface area contributed by atoms with Crippen molar-refractivity contribution in [2.24, 2.45) is 5.73 Å². The Kier molecular flexibility index (Phi) is 8.42. The van der Waals surface area contributed by atoms with E-state index in [1.807, 2.05) is 0 Å². The van der Waals surface area contributed by atoms with Crippen molar-refractivity contribution in [3.63, 3.8) is 0 Å². The molecule has 3 rings (SSSR count). The highest BCUT2D eigenvalue weighted by atomic mass is 32.2. The van der Waals surface area contributed by atoms with Crippen LogP contribution in [-0.2, 0) is 6.18 Å². The van der Waals surface area contributed by atoms with Crippen LogP contribution >= 0.6 is 11.8 Å². The lowest BCUT2D eigenvalue weighted by Crippen LogP contribution is -2.37. The highest BCUT2D eigenvalue weighted by molar-refractivity contribution is 8.14. The van der Waals surface area contributed by atoms with Crippen LogP contribution in [0.4, 0.5) is 18.9 Å². The number of hydrogen-bond acceptors (Lipinski definition) is 6. The van der Waals surface area contributed by atoms with E-state index in [2.05, 4.69) is 11.9 Å². The van der Waals surface area contributed by atoms with Crippen LogP contribution in [0.2, 0.25) is 0 Å². The van der Waals surface area contributed by atoms with Crippen LogP contribution in [0.5, 0.6) is 5.75 Å². The predicted octanol–water partition coefficient (Wildman–Crippen LogP) is 6.35. The first kappa shape index (κ1) is 24.4. The van der Waals surface area contributed by atoms with Crippen molar-refractivity contribution in [2.75, 3.05) is 11.5 Å². The molecule has 1 aromatic heterocycles. The van der Waals surface area contributed by atoms with Gasteiger partial charge in [0.25, 0.3) is 0 Å². The fourth-order valence-corrected chi connectivity index (χ4v) is 4.76. The summed E-state index contributed by atoms with van der Waals surface area (Å²) < 4.78 is 47.0. The maximum Gasteiger partial charge on any atom is 0.420 e. The molecule has 0 bridgehead atoms. The zero-order valence-corrected chi connectivity index (χ0v) is 18.9. The van der Waals surface area contributed by atoms with Gasteiger partial charge in [0, 0.05) is 18.1 Å². The van der Waals surface area contributed by atoms with Crippen LogP contribution in [0.3, 0.4) is 0 Å². The second-order valence-corrected chi connectivity index (χ2v) is 8.92. The average molecular weight is 467 g/mol. The Bertz CT molecular complexity index is 895. The molecule has 1 saturated heterocycles. The minimum absolute atomic E-state index is 0.178. The fraction of sp³-hybridized carbons (Fsp3) is 0.478. The Hall–Kier alpha value is -2.26. The summed E-state index contributed by atoms with van der Waals surface area (Å²) in [4.78, 5) is 5.70. The van der Waals surface area contributed by atoms with Crippen LogP contribution < -0.4 is 15.4 Å². The number of ether oxygens (including phenoxy) is 1. The minimum atomic E-state index is -4.57. The number of aromatic nitrogens is 1. The molecule has 2 aromatic rings. The van der Waals surface area contributed by atoms with Crippen LogP contribution in [0.1, 0.15) is 62.6 Å². The molecule has 2 heterocycles. The first-order valence-corrected chi connectivity index (χ1v) is 11.7. The van der Waals surface area contributed by atoms with Crippen molar-refractivity contribution >= 4 is 22.5 Å². The number of rotatable bonds is 10. The van der Waals surface area contributed by atoms with Gasteiger partial charge in [-0.15, -0.1) is 0 Å². The molecule has 0 aliphatic carbocycles. The number of unbranched alkanes of at least 4 members (excludes halogenated alkanes) is 5. The normalized spacial score (nSPS) is 18.9. The fourth-order valence-electron chi connectivity index (χ4n) is 3.76. The summed E-state index contributed by atoms with van der Waals surface area (Å²) in [5, 5.41) is 8.58. The second-order valence-electron chi connectivity index (χ2n) is 7.76. The summed E-state index contributed by atoms with van der Waals surface area (Å²) in [7, 11) is 0. The van der Waals surface area contributed by atoms with Gasteiger partial charge in [-0.3, -0.25) is 10.4 Å². The Morgan fingerprint density at radius 3 is 2.59 bits per heavy atom. The zero-order chi connectivity index (χ0) is 23.1. The van der Waals surface area contributed by atoms with E-state index in [0.717, 1.165) is 49.9 Å². The molecule has 9 heteroatoms. The third kappa shape index (κ3) is 5.95. The molecule has 5 nitrogen and oxygen atoms in total. The third-order valence-corrected chi connectivity index (χ3v) is 6.32. The van der Waals surface area contributed by atoms with Gasteiger partial charge in [0.2, 0.25) is 0 Å². The quantitative estimate of drug-likeness (QED) is 0.399. The van der Waals surface area contributed by atoms with Crippen molar-refractivity contribution in [1.29, 1.82) is 5.41 Å². The van der Waals surface area contributed by atoms with Gasteiger partial charge in [0.15, 0.2) is 0 Å². The number of hydrogen-bond donors (Lipinski definition) is 2. The van der Waals surface area contributed by atoms with Crippen LogP contribution in [-0.4, -0.2) is 22.1 Å². The molecule has 0 radical (unpaired) electrons. The van der Waals surface area contributed by atoms with Crippen LogP contribution in [0, 0.1) is 5.41 Å². The minimum Gasteiger partial charge on any atom is -0.493 e. The molecule has 1 aromatic carbocycles. The molecular formula is C23H29F3N4OS. The topological polar surface area (TPSA) is 75.2 Å². The molecule has 174 valence electrons. The smallest absolute Gasteiger partial charge is 0.420 e. The number of anilines is 1. The van der Waals surface area contributed by atoms with Crippen LogP contribution in [0.25, 0.3) is 0 Å². The monoisotopic (exact) mass is 466 g/mol. The lowest BCUT2D eigenvalue weighted by atomic mass is 10.1. The molecule has 1 aliphatic heterocycles. The Balaban J connectivity index is 1.79. The predicted molar refractivity (Wildman–Crippen MR) is 123 cm³/mol. The summed E-state index contributed by atoms with van der Waals surface area (Å²) >= 11 is 1.12. The molecule has 32 heavy (non-hydrogen) atoms. The molecule has 0 amide bonds. The summed E-state index contributed by atoms with van der Waals surface area (Å²) in [5.41, 5.74) is 5.68. The summed E-state index contributed by atoms with van der Waals surface area (Å²) in [6, 6.07) is 6.94. The van der Waals surface area contributed by atoms with E-state index in [1.165, 1.54) is 12.5 Å². The van der Waals surface area contributed by atoms with Gasteiger partial charge in [0.1, 0.15) is 17.3 Å². The highest BCUT2D eigenvalue weighted by Gasteiger charge is 2.40. The van der Waals surface area contributed by atoms with Gasteiger partial charge in [-0.05, 0) is 36.2 Å². The number of halogens is 3. The molecule has 3 N–H and O–H groups in total. The SMILES string of the molecule is CCCCCCCCOc1ccc(N2C(N)SC(=N)C2c2cccnc2)cc1C(F)(F)F. The highest BCUT2D eigenvalue weighted by Crippen LogP contribution is 2.45. The molecule has 0 spiro atoms. The Labute approximate surface area is 191 Å². The summed E-state index contributed by atoms with van der Waals surface area (Å²) in [6.45, 7) is 2.39. The van der Waals surface area contributed by atoms with E-state index < -0.39 is 23.3 Å². The lowest BCUT2D eigenvalue weighted by molar-refractivity contribution is -0.138. The maximum atomic E-state index is 13.8. The second kappa shape index (κ2) is 11.0. The van der Waals surface area contributed by atoms with E-state index in [0.29, 0.717) is 11.3 Å². The first-order valence-electron chi connectivity index (χ1n) is 10.9. The standard InChI is InChI=1S/C23H29F3N4OS/c1-2-3-4-5-6-7-13-31-19-11-10-17(14-18(19)23(24,25)26)30-20(21(27)32-22(30)28)16-9-8-12-29-15-16/h8-12,14-15,20,22,27H,2-7,13,28H2,1H3. The van der Waals surface area contributed by atoms with Gasteiger partial charge in [-0.1, -0.05) is 56.9 Å². The van der Waals surface area contributed by atoms with Gasteiger partial charge >= 0.3 is 6.18 Å². The molecule has 2 unspecified atom stereocenters. The van der Waals surface area contributed by atoms with Crippen LogP contribution in [0.15, 0.2) is 42.7 Å². The van der Waals surface area contributed by atoms with E-state index in [1.54, 1.807) is 35.5 Å². The Morgan fingerprint density at radius 1 is 1.16 bits per heavy atom. The first-order chi connectivity index (χ1) is 15.3. The number of nitrogens with zero attached hydrogens (tertiary/aromatic N) is 2. The molecular weight excluding hydrogens is 437 g/mol. The van der Waals surface area contributed by atoms with Crippen molar-refractivity contribution in [3.05, 3.63) is 53.9 Å². The molecule has 0 saturated carbocycles. The van der Waals surface area contributed by atoms with Crippen molar-refractivity contribution in [2.45, 2.75) is 63.2 Å². The number of nitrogens with two attached hydrogens (primary N) is 1. The number of nitrogens with one attached hydrogen (secondary N) is 1. The van der Waals surface area contributed by atoms with E-state index >= 15 is 0 Å². The van der Waals surface area contributed by atoms with Crippen molar-refractivity contribution in [1.82, 2.24) is 4.98 Å². The maximum absolute atomic E-state index is 13.8. The van der Waals surface area contributed by atoms with E-state index in [9.17, 15) is 13.2 Å². The number of pyridine rings is 1. The van der Waals surface area contributed by atoms with Crippen molar-refractivity contribution < 1.29 is 17.9 Å². The summed E-state index contributed by atoms with van der Waals surface area (Å²) in [5.74, 6) is -0.178. The largest absolute Gasteiger partial charge is 0.493 e. The number of benzene rings is 1.